The Balaban J connectivity index is 0.00000180. The number of carbonyl (C=O) groups is 1. The van der Waals surface area contributed by atoms with E-state index in [2.05, 4.69) is 15.5 Å². The molecule has 0 bridgehead atoms. The van der Waals surface area contributed by atoms with Gasteiger partial charge in [-0.1, -0.05) is 0 Å². The Morgan fingerprint density at radius 2 is 1.84 bits per heavy atom. The van der Waals surface area contributed by atoms with Gasteiger partial charge in [0.05, 0.1) is 0 Å². The third kappa shape index (κ3) is 5.16. The number of hydrogen-bond acceptors (Lipinski definition) is 4. The normalized spacial score (nSPS) is 22.3. The van der Waals surface area contributed by atoms with Gasteiger partial charge in [0.1, 0.15) is 5.60 Å². The Labute approximate surface area is 121 Å². The molecular weight excluding hydrogens is 266 g/mol. The van der Waals surface area contributed by atoms with Crippen molar-refractivity contribution in [3.05, 3.63) is 0 Å². The fourth-order valence-corrected chi connectivity index (χ4v) is 2.41. The molecule has 2 fully saturated rings. The van der Waals surface area contributed by atoms with E-state index in [0.717, 1.165) is 39.0 Å². The molecule has 19 heavy (non-hydrogen) atoms. The predicted molar refractivity (Wildman–Crippen MR) is 77.9 cm³/mol. The fraction of sp³-hybridized carbons (Fsp3) is 0.923. The van der Waals surface area contributed by atoms with Crippen LogP contribution in [0.4, 0.5) is 4.79 Å². The van der Waals surface area contributed by atoms with Crippen LogP contribution in [0.5, 0.6) is 0 Å². The maximum atomic E-state index is 11.7. The number of nitrogens with one attached hydrogen (secondary N) is 2. The Hall–Kier alpha value is -0.520. The second-order valence-electron chi connectivity index (χ2n) is 6.27. The first kappa shape index (κ1) is 16.5. The maximum absolute atomic E-state index is 11.7. The highest BCUT2D eigenvalue weighted by Gasteiger charge is 2.29. The van der Waals surface area contributed by atoms with E-state index in [1.165, 1.54) is 0 Å². The van der Waals surface area contributed by atoms with Crippen molar-refractivity contribution in [3.8, 4) is 0 Å². The summed E-state index contributed by atoms with van der Waals surface area (Å²) in [6.45, 7) is 10.0. The molecule has 2 heterocycles. The van der Waals surface area contributed by atoms with Gasteiger partial charge in [-0.15, -0.1) is 12.4 Å². The molecule has 0 radical (unpaired) electrons. The van der Waals surface area contributed by atoms with Crippen molar-refractivity contribution in [3.63, 3.8) is 0 Å². The number of piperidine rings is 1. The highest BCUT2D eigenvalue weighted by atomic mass is 35.5. The van der Waals surface area contributed by atoms with E-state index in [1.54, 1.807) is 0 Å². The first-order chi connectivity index (χ1) is 8.44. The van der Waals surface area contributed by atoms with Gasteiger partial charge in [0.2, 0.25) is 0 Å². The monoisotopic (exact) mass is 291 g/mol. The van der Waals surface area contributed by atoms with Gasteiger partial charge in [0, 0.05) is 38.3 Å². The summed E-state index contributed by atoms with van der Waals surface area (Å²) in [6.07, 6.45) is 1.76. The molecule has 0 saturated carbocycles. The molecule has 0 atom stereocenters. The van der Waals surface area contributed by atoms with E-state index >= 15 is 0 Å². The standard InChI is InChI=1S/C13H25N3O2.ClH/c1-13(2,3)18-12(17)15-10-4-6-16(7-5-10)11-8-14-9-11;/h10-11,14H,4-9H2,1-3H3,(H,15,17);1H. The average Bonchev–Trinajstić information content (AvgIpc) is 2.15. The molecular formula is C13H26ClN3O2. The van der Waals surface area contributed by atoms with Crippen LogP contribution < -0.4 is 10.6 Å². The van der Waals surface area contributed by atoms with E-state index in [0.29, 0.717) is 6.04 Å². The summed E-state index contributed by atoms with van der Waals surface area (Å²) < 4.78 is 5.27. The number of alkyl carbamates (subject to hydrolysis) is 1. The topological polar surface area (TPSA) is 53.6 Å². The van der Waals surface area contributed by atoms with Crippen molar-refractivity contribution in [2.24, 2.45) is 0 Å². The minimum absolute atomic E-state index is 0. The van der Waals surface area contributed by atoms with E-state index in [4.69, 9.17) is 4.74 Å². The quantitative estimate of drug-likeness (QED) is 0.807. The molecule has 0 aromatic heterocycles. The van der Waals surface area contributed by atoms with Crippen LogP contribution in [0.3, 0.4) is 0 Å². The zero-order valence-corrected chi connectivity index (χ0v) is 12.9. The molecule has 1 amide bonds. The minimum Gasteiger partial charge on any atom is -0.444 e. The van der Waals surface area contributed by atoms with Crippen LogP contribution in [0.2, 0.25) is 0 Å². The molecule has 5 nitrogen and oxygen atoms in total. The summed E-state index contributed by atoms with van der Waals surface area (Å²) in [7, 11) is 0. The smallest absolute Gasteiger partial charge is 0.407 e. The predicted octanol–water partition coefficient (Wildman–Crippen LogP) is 1.37. The number of nitrogens with zero attached hydrogens (tertiary/aromatic N) is 1. The van der Waals surface area contributed by atoms with E-state index < -0.39 is 5.60 Å². The molecule has 2 N–H and O–H groups in total. The SMILES string of the molecule is CC(C)(C)OC(=O)NC1CCN(C2CNC2)CC1.Cl. The number of ether oxygens (including phenoxy) is 1. The summed E-state index contributed by atoms with van der Waals surface area (Å²) in [5.41, 5.74) is -0.414. The van der Waals surface area contributed by atoms with E-state index in [1.807, 2.05) is 20.8 Å². The minimum atomic E-state index is -0.414. The van der Waals surface area contributed by atoms with Crippen LogP contribution in [0.1, 0.15) is 33.6 Å². The van der Waals surface area contributed by atoms with Crippen molar-refractivity contribution in [2.75, 3.05) is 26.2 Å². The molecule has 6 heteroatoms. The first-order valence-electron chi connectivity index (χ1n) is 6.88. The van der Waals surface area contributed by atoms with Crippen LogP contribution >= 0.6 is 12.4 Å². The van der Waals surface area contributed by atoms with Crippen LogP contribution in [0.15, 0.2) is 0 Å². The number of halogens is 1. The second-order valence-corrected chi connectivity index (χ2v) is 6.27. The highest BCUT2D eigenvalue weighted by molar-refractivity contribution is 5.85. The number of amides is 1. The maximum Gasteiger partial charge on any atom is 0.407 e. The van der Waals surface area contributed by atoms with E-state index in [9.17, 15) is 4.79 Å². The second kappa shape index (κ2) is 6.77. The molecule has 2 aliphatic heterocycles. The van der Waals surface area contributed by atoms with Gasteiger partial charge in [0.25, 0.3) is 0 Å². The van der Waals surface area contributed by atoms with Crippen molar-refractivity contribution in [1.29, 1.82) is 0 Å². The van der Waals surface area contributed by atoms with Crippen molar-refractivity contribution in [1.82, 2.24) is 15.5 Å². The highest BCUT2D eigenvalue weighted by Crippen LogP contribution is 2.16. The van der Waals surface area contributed by atoms with Gasteiger partial charge >= 0.3 is 6.09 Å². The summed E-state index contributed by atoms with van der Waals surface area (Å²) >= 11 is 0. The largest absolute Gasteiger partial charge is 0.444 e. The van der Waals surface area contributed by atoms with Gasteiger partial charge in [-0.25, -0.2) is 4.79 Å². The Bertz CT molecular complexity index is 295. The Morgan fingerprint density at radius 3 is 2.26 bits per heavy atom. The summed E-state index contributed by atoms with van der Waals surface area (Å²) in [5, 5.41) is 6.26. The molecule has 2 rings (SSSR count). The third-order valence-electron chi connectivity index (χ3n) is 3.53. The molecule has 2 saturated heterocycles. The first-order valence-corrected chi connectivity index (χ1v) is 6.88. The average molecular weight is 292 g/mol. The summed E-state index contributed by atoms with van der Waals surface area (Å²) in [6, 6.07) is 0.983. The number of likely N-dealkylation sites (tertiary alicyclic amines) is 1. The van der Waals surface area contributed by atoms with Gasteiger partial charge in [-0.2, -0.15) is 0 Å². The lowest BCUT2D eigenvalue weighted by atomic mass is 10.0. The molecule has 2 aliphatic rings. The summed E-state index contributed by atoms with van der Waals surface area (Å²) in [5.74, 6) is 0. The number of rotatable bonds is 2. The van der Waals surface area contributed by atoms with Crippen molar-refractivity contribution in [2.45, 2.75) is 51.3 Å². The lowest BCUT2D eigenvalue weighted by Crippen LogP contribution is -2.60. The van der Waals surface area contributed by atoms with E-state index in [-0.39, 0.29) is 24.5 Å². The van der Waals surface area contributed by atoms with Crippen LogP contribution in [0, 0.1) is 0 Å². The van der Waals surface area contributed by atoms with Crippen LogP contribution in [0.25, 0.3) is 0 Å². The van der Waals surface area contributed by atoms with Gasteiger partial charge in [-0.3, -0.25) is 4.90 Å². The van der Waals surface area contributed by atoms with Crippen molar-refractivity contribution >= 4 is 18.5 Å². The zero-order chi connectivity index (χ0) is 13.2. The molecule has 112 valence electrons. The summed E-state index contributed by atoms with van der Waals surface area (Å²) in [4.78, 5) is 14.2. The molecule has 0 spiro atoms. The fourth-order valence-electron chi connectivity index (χ4n) is 2.41. The molecule has 0 aromatic carbocycles. The van der Waals surface area contributed by atoms with Gasteiger partial charge in [-0.05, 0) is 33.6 Å². The molecule has 0 aromatic rings. The Kier molecular flexibility index (Phi) is 5.89. The van der Waals surface area contributed by atoms with Crippen LogP contribution in [-0.2, 0) is 4.74 Å². The molecule has 0 aliphatic carbocycles. The zero-order valence-electron chi connectivity index (χ0n) is 12.1. The third-order valence-corrected chi connectivity index (χ3v) is 3.53. The number of carbonyl (C=O) groups excluding carboxylic acids is 1. The number of hydrogen-bond donors (Lipinski definition) is 2. The van der Waals surface area contributed by atoms with Gasteiger partial charge < -0.3 is 15.4 Å². The lowest BCUT2D eigenvalue weighted by molar-refractivity contribution is 0.0455. The molecule has 0 unspecified atom stereocenters. The lowest BCUT2D eigenvalue weighted by Gasteiger charge is -2.42. The van der Waals surface area contributed by atoms with Crippen LogP contribution in [-0.4, -0.2) is 54.9 Å². The van der Waals surface area contributed by atoms with Gasteiger partial charge in [0.15, 0.2) is 0 Å². The Morgan fingerprint density at radius 1 is 1.26 bits per heavy atom. The van der Waals surface area contributed by atoms with Crippen molar-refractivity contribution < 1.29 is 9.53 Å².